The molecule has 0 radical (unpaired) electrons. The van der Waals surface area contributed by atoms with E-state index in [2.05, 4.69) is 22.3 Å². The summed E-state index contributed by atoms with van der Waals surface area (Å²) in [6.07, 6.45) is 2.75. The highest BCUT2D eigenvalue weighted by Crippen LogP contribution is 2.09. The third kappa shape index (κ3) is 2.36. The van der Waals surface area contributed by atoms with Crippen molar-refractivity contribution in [2.24, 2.45) is 0 Å². The van der Waals surface area contributed by atoms with Crippen molar-refractivity contribution in [3.8, 4) is 0 Å². The Hall–Kier alpha value is -1.49. The SMILES string of the molecule is CSc1n[nH]c(=O)n1CCc1ccccc1. The predicted molar refractivity (Wildman–Crippen MR) is 64.8 cm³/mol. The number of benzene rings is 1. The first-order chi connectivity index (χ1) is 7.81. The highest BCUT2D eigenvalue weighted by molar-refractivity contribution is 7.98. The fourth-order valence-corrected chi connectivity index (χ4v) is 2.07. The molecule has 0 atom stereocenters. The van der Waals surface area contributed by atoms with Crippen LogP contribution in [0.25, 0.3) is 0 Å². The molecule has 0 saturated carbocycles. The van der Waals surface area contributed by atoms with Crippen molar-refractivity contribution in [3.63, 3.8) is 0 Å². The van der Waals surface area contributed by atoms with Gasteiger partial charge >= 0.3 is 5.69 Å². The van der Waals surface area contributed by atoms with Crippen molar-refractivity contribution in [3.05, 3.63) is 46.4 Å². The number of H-pyrrole nitrogens is 1. The molecule has 2 rings (SSSR count). The quantitative estimate of drug-likeness (QED) is 0.818. The minimum Gasteiger partial charge on any atom is -0.270 e. The van der Waals surface area contributed by atoms with Crippen molar-refractivity contribution in [1.29, 1.82) is 0 Å². The topological polar surface area (TPSA) is 50.7 Å². The van der Waals surface area contributed by atoms with Crippen molar-refractivity contribution in [1.82, 2.24) is 14.8 Å². The molecule has 2 aromatic rings. The second-order valence-electron chi connectivity index (χ2n) is 3.40. The standard InChI is InChI=1S/C11H13N3OS/c1-16-11-13-12-10(15)14(11)8-7-9-5-3-2-4-6-9/h2-6H,7-8H2,1H3,(H,12,15). The molecule has 5 heteroatoms. The number of hydrogen-bond acceptors (Lipinski definition) is 3. The number of rotatable bonds is 4. The Balaban J connectivity index is 2.10. The maximum Gasteiger partial charge on any atom is 0.343 e. The smallest absolute Gasteiger partial charge is 0.270 e. The lowest BCUT2D eigenvalue weighted by atomic mass is 10.1. The van der Waals surface area contributed by atoms with E-state index in [1.165, 1.54) is 17.3 Å². The molecule has 0 amide bonds. The third-order valence-corrected chi connectivity index (χ3v) is 3.05. The molecule has 0 aliphatic rings. The Morgan fingerprint density at radius 3 is 2.81 bits per heavy atom. The maximum absolute atomic E-state index is 11.5. The van der Waals surface area contributed by atoms with Crippen LogP contribution in [0.4, 0.5) is 0 Å². The molecule has 0 saturated heterocycles. The summed E-state index contributed by atoms with van der Waals surface area (Å²) in [4.78, 5) is 11.5. The summed E-state index contributed by atoms with van der Waals surface area (Å²) in [7, 11) is 0. The van der Waals surface area contributed by atoms with E-state index < -0.39 is 0 Å². The maximum atomic E-state index is 11.5. The highest BCUT2D eigenvalue weighted by atomic mass is 32.2. The van der Waals surface area contributed by atoms with Crippen molar-refractivity contribution >= 4 is 11.8 Å². The van der Waals surface area contributed by atoms with Crippen LogP contribution in [0.15, 0.2) is 40.3 Å². The average Bonchev–Trinajstić information content (AvgIpc) is 2.69. The van der Waals surface area contributed by atoms with E-state index in [0.717, 1.165) is 11.6 Å². The Kier molecular flexibility index (Phi) is 3.46. The fourth-order valence-electron chi connectivity index (χ4n) is 1.54. The number of nitrogens with zero attached hydrogens (tertiary/aromatic N) is 2. The molecule has 0 fully saturated rings. The van der Waals surface area contributed by atoms with Gasteiger partial charge in [-0.3, -0.25) is 4.57 Å². The molecule has 1 heterocycles. The fraction of sp³-hybridized carbons (Fsp3) is 0.273. The molecule has 4 nitrogen and oxygen atoms in total. The van der Waals surface area contributed by atoms with Gasteiger partial charge in [0.25, 0.3) is 0 Å². The van der Waals surface area contributed by atoms with Gasteiger partial charge in [-0.05, 0) is 18.2 Å². The zero-order chi connectivity index (χ0) is 11.4. The second kappa shape index (κ2) is 5.03. The van der Waals surface area contributed by atoms with Crippen LogP contribution in [0.3, 0.4) is 0 Å². The van der Waals surface area contributed by atoms with Gasteiger partial charge in [-0.25, -0.2) is 9.89 Å². The highest BCUT2D eigenvalue weighted by Gasteiger charge is 2.06. The predicted octanol–water partition coefficient (Wildman–Crippen LogP) is 1.54. The van der Waals surface area contributed by atoms with Gasteiger partial charge in [0.15, 0.2) is 5.16 Å². The van der Waals surface area contributed by atoms with E-state index in [4.69, 9.17) is 0 Å². The van der Waals surface area contributed by atoms with Gasteiger partial charge in [0.05, 0.1) is 0 Å². The summed E-state index contributed by atoms with van der Waals surface area (Å²) in [6.45, 7) is 0.662. The van der Waals surface area contributed by atoms with Crippen LogP contribution in [-0.4, -0.2) is 21.0 Å². The Morgan fingerprint density at radius 2 is 2.12 bits per heavy atom. The molecule has 0 aliphatic carbocycles. The molecular formula is C11H13N3OS. The number of aryl methyl sites for hydroxylation is 1. The molecule has 1 N–H and O–H groups in total. The van der Waals surface area contributed by atoms with Gasteiger partial charge < -0.3 is 0 Å². The lowest BCUT2D eigenvalue weighted by molar-refractivity contribution is 0.616. The summed E-state index contributed by atoms with van der Waals surface area (Å²) < 4.78 is 1.66. The van der Waals surface area contributed by atoms with Crippen molar-refractivity contribution in [2.45, 2.75) is 18.1 Å². The summed E-state index contributed by atoms with van der Waals surface area (Å²) in [6, 6.07) is 10.1. The van der Waals surface area contributed by atoms with Gasteiger partial charge in [-0.15, -0.1) is 5.10 Å². The van der Waals surface area contributed by atoms with Gasteiger partial charge in [-0.1, -0.05) is 42.1 Å². The number of hydrogen-bond donors (Lipinski definition) is 1. The summed E-state index contributed by atoms with van der Waals surface area (Å²) in [5.41, 5.74) is 1.09. The normalized spacial score (nSPS) is 10.6. The van der Waals surface area contributed by atoms with E-state index in [0.29, 0.717) is 6.54 Å². The largest absolute Gasteiger partial charge is 0.343 e. The molecule has 0 bridgehead atoms. The van der Waals surface area contributed by atoms with Crippen LogP contribution < -0.4 is 5.69 Å². The number of thioether (sulfide) groups is 1. The Labute approximate surface area is 97.7 Å². The molecule has 0 aliphatic heterocycles. The number of aromatic amines is 1. The molecule has 16 heavy (non-hydrogen) atoms. The van der Waals surface area contributed by atoms with Crippen LogP contribution in [-0.2, 0) is 13.0 Å². The van der Waals surface area contributed by atoms with Gasteiger partial charge in [0.1, 0.15) is 0 Å². The first kappa shape index (κ1) is 11.0. The lowest BCUT2D eigenvalue weighted by Crippen LogP contribution is -2.18. The van der Waals surface area contributed by atoms with Crippen molar-refractivity contribution < 1.29 is 0 Å². The minimum absolute atomic E-state index is 0.139. The van der Waals surface area contributed by atoms with E-state index in [1.54, 1.807) is 4.57 Å². The van der Waals surface area contributed by atoms with E-state index >= 15 is 0 Å². The monoisotopic (exact) mass is 235 g/mol. The molecule has 1 aromatic carbocycles. The first-order valence-electron chi connectivity index (χ1n) is 5.04. The average molecular weight is 235 g/mol. The number of aromatic nitrogens is 3. The van der Waals surface area contributed by atoms with E-state index in [9.17, 15) is 4.79 Å². The van der Waals surface area contributed by atoms with Crippen LogP contribution in [0.1, 0.15) is 5.56 Å². The van der Waals surface area contributed by atoms with Crippen LogP contribution >= 0.6 is 11.8 Å². The summed E-state index contributed by atoms with van der Waals surface area (Å²) in [5, 5.41) is 7.13. The summed E-state index contributed by atoms with van der Waals surface area (Å²) in [5.74, 6) is 0. The third-order valence-electron chi connectivity index (χ3n) is 2.37. The van der Waals surface area contributed by atoms with Crippen LogP contribution in [0.2, 0.25) is 0 Å². The van der Waals surface area contributed by atoms with Gasteiger partial charge in [-0.2, -0.15) is 0 Å². The van der Waals surface area contributed by atoms with E-state index in [1.807, 2.05) is 24.5 Å². The summed E-state index contributed by atoms with van der Waals surface area (Å²) >= 11 is 1.47. The van der Waals surface area contributed by atoms with E-state index in [-0.39, 0.29) is 5.69 Å². The zero-order valence-corrected chi connectivity index (χ0v) is 9.83. The molecular weight excluding hydrogens is 222 g/mol. The Bertz CT molecular complexity index is 503. The molecule has 1 aromatic heterocycles. The van der Waals surface area contributed by atoms with Gasteiger partial charge in [0, 0.05) is 6.54 Å². The zero-order valence-electron chi connectivity index (χ0n) is 9.01. The molecule has 0 spiro atoms. The number of nitrogens with one attached hydrogen (secondary N) is 1. The van der Waals surface area contributed by atoms with Crippen LogP contribution in [0.5, 0.6) is 0 Å². The van der Waals surface area contributed by atoms with Crippen molar-refractivity contribution in [2.75, 3.05) is 6.26 Å². The van der Waals surface area contributed by atoms with Crippen LogP contribution in [0, 0.1) is 0 Å². The Morgan fingerprint density at radius 1 is 1.38 bits per heavy atom. The molecule has 0 unspecified atom stereocenters. The lowest BCUT2D eigenvalue weighted by Gasteiger charge is -2.03. The second-order valence-corrected chi connectivity index (χ2v) is 4.18. The first-order valence-corrected chi connectivity index (χ1v) is 6.27. The van der Waals surface area contributed by atoms with Gasteiger partial charge in [0.2, 0.25) is 0 Å². The molecule has 84 valence electrons. The minimum atomic E-state index is -0.139.